The van der Waals surface area contributed by atoms with Crippen molar-refractivity contribution in [1.29, 1.82) is 0 Å². The van der Waals surface area contributed by atoms with Crippen molar-refractivity contribution in [1.82, 2.24) is 9.55 Å². The first-order valence-electron chi connectivity index (χ1n) is 5.43. The molecule has 0 saturated carbocycles. The minimum atomic E-state index is -0.617. The summed E-state index contributed by atoms with van der Waals surface area (Å²) < 4.78 is 6.21. The average molecular weight is 242 g/mol. The van der Waals surface area contributed by atoms with E-state index in [-0.39, 0.29) is 30.0 Å². The second-order valence-corrected chi connectivity index (χ2v) is 4.34. The summed E-state index contributed by atoms with van der Waals surface area (Å²) in [6, 6.07) is -0.317. The SMILES string of the molecule is COCC(C(C)C)n1c(O)c(C)c(=O)[nH]c1=O. The fraction of sp³-hybridized carbons (Fsp3) is 0.636. The fourth-order valence-electron chi connectivity index (χ4n) is 1.67. The van der Waals surface area contributed by atoms with Gasteiger partial charge in [0.25, 0.3) is 5.56 Å². The van der Waals surface area contributed by atoms with Gasteiger partial charge in [-0.1, -0.05) is 13.8 Å². The number of H-pyrrole nitrogens is 1. The highest BCUT2D eigenvalue weighted by atomic mass is 16.5. The highest BCUT2D eigenvalue weighted by molar-refractivity contribution is 5.21. The van der Waals surface area contributed by atoms with Crippen LogP contribution < -0.4 is 11.2 Å². The lowest BCUT2D eigenvalue weighted by molar-refractivity contribution is 0.124. The topological polar surface area (TPSA) is 84.3 Å². The van der Waals surface area contributed by atoms with Crippen molar-refractivity contribution in [2.75, 3.05) is 13.7 Å². The third-order valence-electron chi connectivity index (χ3n) is 2.78. The lowest BCUT2D eigenvalue weighted by Gasteiger charge is -2.23. The van der Waals surface area contributed by atoms with Gasteiger partial charge in [0.15, 0.2) is 0 Å². The maximum atomic E-state index is 11.7. The molecule has 0 spiro atoms. The monoisotopic (exact) mass is 242 g/mol. The zero-order chi connectivity index (χ0) is 13.2. The van der Waals surface area contributed by atoms with Crippen LogP contribution in [0.1, 0.15) is 25.5 Å². The van der Waals surface area contributed by atoms with Gasteiger partial charge < -0.3 is 9.84 Å². The van der Waals surface area contributed by atoms with Gasteiger partial charge in [0, 0.05) is 7.11 Å². The zero-order valence-corrected chi connectivity index (χ0v) is 10.5. The van der Waals surface area contributed by atoms with E-state index in [4.69, 9.17) is 4.74 Å². The molecule has 0 fully saturated rings. The smallest absolute Gasteiger partial charge is 0.331 e. The molecule has 0 aliphatic carbocycles. The van der Waals surface area contributed by atoms with Crippen LogP contribution >= 0.6 is 0 Å². The van der Waals surface area contributed by atoms with Crippen molar-refractivity contribution in [2.24, 2.45) is 5.92 Å². The Bertz CT molecular complexity index is 501. The molecule has 6 nitrogen and oxygen atoms in total. The zero-order valence-electron chi connectivity index (χ0n) is 10.5. The van der Waals surface area contributed by atoms with Gasteiger partial charge in [0.05, 0.1) is 18.2 Å². The van der Waals surface area contributed by atoms with Crippen LogP contribution in [0.5, 0.6) is 5.88 Å². The number of rotatable bonds is 4. The number of nitrogens with one attached hydrogen (secondary N) is 1. The summed E-state index contributed by atoms with van der Waals surface area (Å²) >= 11 is 0. The maximum absolute atomic E-state index is 11.7. The number of aromatic nitrogens is 2. The van der Waals surface area contributed by atoms with Gasteiger partial charge in [-0.15, -0.1) is 0 Å². The summed E-state index contributed by atoms with van der Waals surface area (Å²) in [6.45, 7) is 5.58. The summed E-state index contributed by atoms with van der Waals surface area (Å²) in [5.41, 5.74) is -1.05. The molecule has 0 bridgehead atoms. The van der Waals surface area contributed by atoms with E-state index in [1.54, 1.807) is 0 Å². The van der Waals surface area contributed by atoms with E-state index in [0.29, 0.717) is 0 Å². The normalized spacial score (nSPS) is 13.0. The van der Waals surface area contributed by atoms with Crippen LogP contribution in [0.3, 0.4) is 0 Å². The first kappa shape index (κ1) is 13.5. The predicted octanol–water partition coefficient (Wildman–Crippen LogP) is 0.394. The molecule has 0 amide bonds. The molecule has 1 atom stereocenters. The summed E-state index contributed by atoms with van der Waals surface area (Å²) in [5, 5.41) is 9.89. The number of aromatic hydroxyl groups is 1. The van der Waals surface area contributed by atoms with Gasteiger partial charge in [0.1, 0.15) is 0 Å². The first-order valence-corrected chi connectivity index (χ1v) is 5.43. The summed E-state index contributed by atoms with van der Waals surface area (Å²) in [7, 11) is 1.52. The highest BCUT2D eigenvalue weighted by Crippen LogP contribution is 2.21. The summed E-state index contributed by atoms with van der Waals surface area (Å²) in [6.07, 6.45) is 0. The second kappa shape index (κ2) is 5.18. The van der Waals surface area contributed by atoms with Crippen LogP contribution in [0.15, 0.2) is 9.59 Å². The van der Waals surface area contributed by atoms with Crippen LogP contribution in [0.25, 0.3) is 0 Å². The maximum Gasteiger partial charge on any atom is 0.331 e. The molecule has 1 aromatic rings. The molecule has 17 heavy (non-hydrogen) atoms. The van der Waals surface area contributed by atoms with E-state index in [2.05, 4.69) is 4.98 Å². The largest absolute Gasteiger partial charge is 0.494 e. The molecule has 1 aromatic heterocycles. The molecular weight excluding hydrogens is 224 g/mol. The number of hydrogen-bond acceptors (Lipinski definition) is 4. The van der Waals surface area contributed by atoms with E-state index in [0.717, 1.165) is 0 Å². The average Bonchev–Trinajstić information content (AvgIpc) is 2.24. The molecule has 0 aliphatic heterocycles. The third kappa shape index (κ3) is 2.58. The van der Waals surface area contributed by atoms with Crippen molar-refractivity contribution >= 4 is 0 Å². The molecule has 0 aromatic carbocycles. The minimum absolute atomic E-state index is 0.0869. The Morgan fingerprint density at radius 1 is 1.41 bits per heavy atom. The van der Waals surface area contributed by atoms with E-state index in [9.17, 15) is 14.7 Å². The summed E-state index contributed by atoms with van der Waals surface area (Å²) in [4.78, 5) is 25.2. The molecule has 96 valence electrons. The molecule has 0 saturated heterocycles. The van der Waals surface area contributed by atoms with Crippen molar-refractivity contribution < 1.29 is 9.84 Å². The summed E-state index contributed by atoms with van der Waals surface area (Å²) in [5.74, 6) is -0.210. The van der Waals surface area contributed by atoms with E-state index < -0.39 is 11.2 Å². The number of aromatic amines is 1. The Morgan fingerprint density at radius 3 is 2.47 bits per heavy atom. The van der Waals surface area contributed by atoms with E-state index in [1.807, 2.05) is 13.8 Å². The number of nitrogens with zero attached hydrogens (tertiary/aromatic N) is 1. The molecule has 0 aliphatic rings. The lowest BCUT2D eigenvalue weighted by Crippen LogP contribution is -2.37. The Morgan fingerprint density at radius 2 is 2.00 bits per heavy atom. The fourth-order valence-corrected chi connectivity index (χ4v) is 1.67. The van der Waals surface area contributed by atoms with Crippen molar-refractivity contribution in [3.8, 4) is 5.88 Å². The van der Waals surface area contributed by atoms with Gasteiger partial charge in [0.2, 0.25) is 5.88 Å². The Hall–Kier alpha value is -1.56. The van der Waals surface area contributed by atoms with Gasteiger partial charge in [-0.05, 0) is 12.8 Å². The Kier molecular flexibility index (Phi) is 4.11. The van der Waals surface area contributed by atoms with Crippen LogP contribution in [0.4, 0.5) is 0 Å². The Labute approximate surface area is 98.9 Å². The first-order chi connectivity index (χ1) is 7.90. The minimum Gasteiger partial charge on any atom is -0.494 e. The second-order valence-electron chi connectivity index (χ2n) is 4.34. The third-order valence-corrected chi connectivity index (χ3v) is 2.78. The van der Waals surface area contributed by atoms with Gasteiger partial charge in [-0.2, -0.15) is 0 Å². The molecule has 0 radical (unpaired) electrons. The van der Waals surface area contributed by atoms with Crippen molar-refractivity contribution in [2.45, 2.75) is 26.8 Å². The van der Waals surface area contributed by atoms with Crippen molar-refractivity contribution in [3.05, 3.63) is 26.4 Å². The molecule has 2 N–H and O–H groups in total. The predicted molar refractivity (Wildman–Crippen MR) is 63.5 cm³/mol. The Balaban J connectivity index is 3.43. The van der Waals surface area contributed by atoms with E-state index >= 15 is 0 Å². The molecular formula is C11H18N2O4. The molecule has 1 unspecified atom stereocenters. The van der Waals surface area contributed by atoms with Crippen LogP contribution in [-0.4, -0.2) is 28.4 Å². The molecule has 1 heterocycles. The van der Waals surface area contributed by atoms with E-state index in [1.165, 1.54) is 18.6 Å². The van der Waals surface area contributed by atoms with Crippen molar-refractivity contribution in [3.63, 3.8) is 0 Å². The standard InChI is InChI=1S/C11H18N2O4/c1-6(2)8(5-17-4)13-10(15)7(3)9(14)12-11(13)16/h6,8,15H,5H2,1-4H3,(H,12,14,16). The van der Waals surface area contributed by atoms with Crippen LogP contribution in [-0.2, 0) is 4.74 Å². The van der Waals surface area contributed by atoms with Gasteiger partial charge in [-0.25, -0.2) is 4.79 Å². The van der Waals surface area contributed by atoms with Crippen LogP contribution in [0.2, 0.25) is 0 Å². The molecule has 1 rings (SSSR count). The van der Waals surface area contributed by atoms with Crippen LogP contribution in [0, 0.1) is 12.8 Å². The molecule has 6 heteroatoms. The number of methoxy groups -OCH3 is 1. The highest BCUT2D eigenvalue weighted by Gasteiger charge is 2.22. The lowest BCUT2D eigenvalue weighted by atomic mass is 10.0. The van der Waals surface area contributed by atoms with Gasteiger partial charge in [-0.3, -0.25) is 14.3 Å². The number of ether oxygens (including phenoxy) is 1. The quantitative estimate of drug-likeness (QED) is 0.800. The van der Waals surface area contributed by atoms with Gasteiger partial charge >= 0.3 is 5.69 Å². The number of hydrogen-bond donors (Lipinski definition) is 2.